The molecule has 5 heteroatoms. The number of nitriles is 2. The van der Waals surface area contributed by atoms with Crippen molar-refractivity contribution in [2.24, 2.45) is 7.05 Å². The number of nitrogens with zero attached hydrogens (tertiary/aromatic N) is 4. The summed E-state index contributed by atoms with van der Waals surface area (Å²) in [4.78, 5) is 4.04. The van der Waals surface area contributed by atoms with Crippen LogP contribution in [0.5, 0.6) is 0 Å². The van der Waals surface area contributed by atoms with Gasteiger partial charge in [-0.25, -0.2) is 4.98 Å². The van der Waals surface area contributed by atoms with Gasteiger partial charge >= 0.3 is 0 Å². The van der Waals surface area contributed by atoms with Crippen LogP contribution in [0.4, 0.5) is 5.82 Å². The van der Waals surface area contributed by atoms with Gasteiger partial charge in [0.05, 0.1) is 17.8 Å². The van der Waals surface area contributed by atoms with E-state index in [0.717, 1.165) is 0 Å². The van der Waals surface area contributed by atoms with Gasteiger partial charge in [-0.05, 0) is 6.92 Å². The van der Waals surface area contributed by atoms with Crippen LogP contribution in [0.3, 0.4) is 0 Å². The van der Waals surface area contributed by atoms with Crippen molar-refractivity contribution < 1.29 is 0 Å². The van der Waals surface area contributed by atoms with Gasteiger partial charge in [0.15, 0.2) is 5.92 Å². The minimum absolute atomic E-state index is 0.403. The Labute approximate surface area is 76.0 Å². The highest BCUT2D eigenvalue weighted by atomic mass is 15.1. The normalized spacial score (nSPS) is 9.62. The Kier molecular flexibility index (Phi) is 2.21. The summed E-state index contributed by atoms with van der Waals surface area (Å²) in [7, 11) is 1.69. The molecular formula is C8H9N5. The zero-order valence-electron chi connectivity index (χ0n) is 7.44. The molecule has 0 aromatic carbocycles. The van der Waals surface area contributed by atoms with Gasteiger partial charge < -0.3 is 10.3 Å². The molecule has 0 amide bonds. The summed E-state index contributed by atoms with van der Waals surface area (Å²) < 4.78 is 1.56. The number of aryl methyl sites for hydroxylation is 1. The van der Waals surface area contributed by atoms with Crippen molar-refractivity contribution in [1.29, 1.82) is 10.5 Å². The fourth-order valence-electron chi connectivity index (χ4n) is 1.07. The average molecular weight is 175 g/mol. The molecule has 0 aliphatic carbocycles. The van der Waals surface area contributed by atoms with E-state index in [-0.39, 0.29) is 0 Å². The second-order valence-corrected chi connectivity index (χ2v) is 2.69. The highest BCUT2D eigenvalue weighted by molar-refractivity contribution is 5.39. The molecule has 0 fully saturated rings. The van der Waals surface area contributed by atoms with Crippen LogP contribution < -0.4 is 5.73 Å². The Morgan fingerprint density at radius 1 is 1.46 bits per heavy atom. The monoisotopic (exact) mass is 175 g/mol. The number of nitrogens with two attached hydrogens (primary N) is 1. The van der Waals surface area contributed by atoms with Crippen molar-refractivity contribution in [2.45, 2.75) is 12.8 Å². The van der Waals surface area contributed by atoms with Crippen LogP contribution in [0.15, 0.2) is 0 Å². The highest BCUT2D eigenvalue weighted by Crippen LogP contribution is 2.18. The lowest BCUT2D eigenvalue weighted by Gasteiger charge is -2.00. The van der Waals surface area contributed by atoms with Crippen LogP contribution in [0.25, 0.3) is 0 Å². The predicted molar refractivity (Wildman–Crippen MR) is 46.3 cm³/mol. The van der Waals surface area contributed by atoms with E-state index in [1.807, 2.05) is 12.1 Å². The molecule has 0 unspecified atom stereocenters. The molecule has 5 nitrogen and oxygen atoms in total. The van der Waals surface area contributed by atoms with Crippen molar-refractivity contribution in [3.8, 4) is 12.1 Å². The first-order valence-electron chi connectivity index (χ1n) is 3.69. The molecule has 0 radical (unpaired) electrons. The van der Waals surface area contributed by atoms with Gasteiger partial charge in [0.2, 0.25) is 0 Å². The maximum atomic E-state index is 8.64. The fourth-order valence-corrected chi connectivity index (χ4v) is 1.07. The lowest BCUT2D eigenvalue weighted by Crippen LogP contribution is -2.04. The minimum Gasteiger partial charge on any atom is -0.384 e. The van der Waals surface area contributed by atoms with Crippen molar-refractivity contribution in [2.75, 3.05) is 5.73 Å². The molecule has 0 aliphatic heterocycles. The van der Waals surface area contributed by atoms with Crippen LogP contribution in [0.2, 0.25) is 0 Å². The van der Waals surface area contributed by atoms with E-state index in [0.29, 0.717) is 17.3 Å². The Bertz CT molecular complexity index is 389. The molecule has 0 aliphatic rings. The summed E-state index contributed by atoms with van der Waals surface area (Å²) in [6, 6.07) is 3.70. The van der Waals surface area contributed by atoms with E-state index in [1.165, 1.54) is 0 Å². The third kappa shape index (κ3) is 1.32. The van der Waals surface area contributed by atoms with E-state index in [4.69, 9.17) is 16.3 Å². The van der Waals surface area contributed by atoms with Gasteiger partial charge in [0.25, 0.3) is 0 Å². The first kappa shape index (κ1) is 9.08. The van der Waals surface area contributed by atoms with Crippen LogP contribution in [-0.4, -0.2) is 9.55 Å². The summed E-state index contributed by atoms with van der Waals surface area (Å²) in [6.07, 6.45) is 0. The molecule has 1 rings (SSSR count). The van der Waals surface area contributed by atoms with Gasteiger partial charge in [-0.2, -0.15) is 10.5 Å². The summed E-state index contributed by atoms with van der Waals surface area (Å²) >= 11 is 0. The summed E-state index contributed by atoms with van der Waals surface area (Å²) in [5, 5.41) is 17.3. The Hall–Kier alpha value is -2.01. The molecule has 0 atom stereocenters. The zero-order valence-corrected chi connectivity index (χ0v) is 7.44. The second-order valence-electron chi connectivity index (χ2n) is 2.69. The first-order valence-corrected chi connectivity index (χ1v) is 3.69. The maximum absolute atomic E-state index is 8.64. The molecule has 0 spiro atoms. The Balaban J connectivity index is 3.26. The lowest BCUT2D eigenvalue weighted by molar-refractivity contribution is 0.808. The van der Waals surface area contributed by atoms with E-state index in [1.54, 1.807) is 18.5 Å². The van der Waals surface area contributed by atoms with Crippen molar-refractivity contribution in [3.63, 3.8) is 0 Å². The average Bonchev–Trinajstić information content (AvgIpc) is 2.36. The Morgan fingerprint density at radius 3 is 2.31 bits per heavy atom. The minimum atomic E-state index is -0.846. The molecule has 1 heterocycles. The Morgan fingerprint density at radius 2 is 2.00 bits per heavy atom. The molecule has 0 saturated carbocycles. The van der Waals surface area contributed by atoms with Gasteiger partial charge in [0, 0.05) is 7.05 Å². The van der Waals surface area contributed by atoms with E-state index in [2.05, 4.69) is 4.98 Å². The quantitative estimate of drug-likeness (QED) is 0.670. The largest absolute Gasteiger partial charge is 0.384 e. The number of aromatic nitrogens is 2. The number of imidazole rings is 1. The number of hydrogen-bond donors (Lipinski definition) is 1. The maximum Gasteiger partial charge on any atom is 0.190 e. The molecule has 0 saturated heterocycles. The summed E-state index contributed by atoms with van der Waals surface area (Å²) in [5.41, 5.74) is 6.28. The van der Waals surface area contributed by atoms with E-state index in [9.17, 15) is 0 Å². The predicted octanol–water partition coefficient (Wildman–Crippen LogP) is 0.441. The van der Waals surface area contributed by atoms with Gasteiger partial charge in [-0.15, -0.1) is 0 Å². The molecule has 0 bridgehead atoms. The molecule has 1 aromatic rings. The van der Waals surface area contributed by atoms with Gasteiger partial charge in [0.1, 0.15) is 11.6 Å². The zero-order chi connectivity index (χ0) is 10.0. The second kappa shape index (κ2) is 3.16. The molecule has 1 aromatic heterocycles. The number of anilines is 1. The van der Waals surface area contributed by atoms with Crippen LogP contribution >= 0.6 is 0 Å². The molecule has 13 heavy (non-hydrogen) atoms. The number of hydrogen-bond acceptors (Lipinski definition) is 4. The van der Waals surface area contributed by atoms with Crippen molar-refractivity contribution >= 4 is 5.82 Å². The topological polar surface area (TPSA) is 91.4 Å². The fraction of sp³-hybridized carbons (Fsp3) is 0.375. The van der Waals surface area contributed by atoms with E-state index >= 15 is 0 Å². The molecule has 2 N–H and O–H groups in total. The van der Waals surface area contributed by atoms with Gasteiger partial charge in [-0.1, -0.05) is 0 Å². The lowest BCUT2D eigenvalue weighted by atomic mass is 10.2. The molecule has 66 valence electrons. The SMILES string of the molecule is Cc1nc(C(C#N)C#N)n(C)c1N. The van der Waals surface area contributed by atoms with Crippen molar-refractivity contribution in [1.82, 2.24) is 9.55 Å². The number of nitrogen functional groups attached to an aromatic ring is 1. The van der Waals surface area contributed by atoms with Crippen LogP contribution in [0.1, 0.15) is 17.4 Å². The number of rotatable bonds is 1. The first-order chi connectivity index (χ1) is 6.11. The van der Waals surface area contributed by atoms with Gasteiger partial charge in [-0.3, -0.25) is 0 Å². The summed E-state index contributed by atoms with van der Waals surface area (Å²) in [5.74, 6) is 0.0477. The van der Waals surface area contributed by atoms with Crippen LogP contribution in [0, 0.1) is 29.6 Å². The third-order valence-corrected chi connectivity index (χ3v) is 1.87. The standard InChI is InChI=1S/C8H9N5/c1-5-7(11)13(2)8(12-5)6(3-9)4-10/h6H,11H2,1-2H3. The third-order valence-electron chi connectivity index (χ3n) is 1.87. The summed E-state index contributed by atoms with van der Waals surface area (Å²) in [6.45, 7) is 1.74. The van der Waals surface area contributed by atoms with Crippen molar-refractivity contribution in [3.05, 3.63) is 11.5 Å². The van der Waals surface area contributed by atoms with E-state index < -0.39 is 5.92 Å². The smallest absolute Gasteiger partial charge is 0.190 e. The molecular weight excluding hydrogens is 166 g/mol. The highest BCUT2D eigenvalue weighted by Gasteiger charge is 2.17. The van der Waals surface area contributed by atoms with Crippen LogP contribution in [-0.2, 0) is 7.05 Å².